The zero-order valence-electron chi connectivity index (χ0n) is 12.6. The number of halogens is 2. The lowest BCUT2D eigenvalue weighted by molar-refractivity contribution is -0.118. The third-order valence-corrected chi connectivity index (χ3v) is 4.34. The van der Waals surface area contributed by atoms with Crippen LogP contribution < -0.4 is 5.43 Å². The number of thioether (sulfide) groups is 1. The molecule has 0 atom stereocenters. The molecule has 3 nitrogen and oxygen atoms in total. The maximum atomic E-state index is 13.5. The van der Waals surface area contributed by atoms with Crippen molar-refractivity contribution in [1.29, 1.82) is 0 Å². The van der Waals surface area contributed by atoms with Crippen molar-refractivity contribution in [2.24, 2.45) is 5.10 Å². The molecule has 1 amide bonds. The molecule has 2 rings (SSSR count). The number of hydrazone groups is 1. The summed E-state index contributed by atoms with van der Waals surface area (Å²) >= 11 is 7.35. The smallest absolute Gasteiger partial charge is 0.250 e. The first-order chi connectivity index (χ1) is 11.1. The van der Waals surface area contributed by atoms with Crippen LogP contribution in [0.3, 0.4) is 0 Å². The molecule has 2 aromatic carbocycles. The highest BCUT2D eigenvalue weighted by molar-refractivity contribution is 7.99. The van der Waals surface area contributed by atoms with E-state index in [0.717, 1.165) is 11.3 Å². The molecule has 23 heavy (non-hydrogen) atoms. The first kappa shape index (κ1) is 17.5. The molecule has 0 radical (unpaired) electrons. The number of amides is 1. The first-order valence-corrected chi connectivity index (χ1v) is 8.49. The van der Waals surface area contributed by atoms with Crippen molar-refractivity contribution in [1.82, 2.24) is 5.43 Å². The van der Waals surface area contributed by atoms with Crippen molar-refractivity contribution in [2.75, 3.05) is 5.75 Å². The van der Waals surface area contributed by atoms with Crippen LogP contribution in [-0.4, -0.2) is 17.9 Å². The minimum atomic E-state index is -0.482. The molecular formula is C17H16ClFN2OS. The Bertz CT molecular complexity index is 684. The SMILES string of the molecule is Cc1ccc(CSCC(=O)N/N=C/c2c(F)cccc2Cl)cc1. The van der Waals surface area contributed by atoms with Gasteiger partial charge in [-0.3, -0.25) is 4.79 Å². The lowest BCUT2D eigenvalue weighted by Gasteiger charge is -2.02. The molecule has 120 valence electrons. The van der Waals surface area contributed by atoms with Crippen molar-refractivity contribution in [3.05, 3.63) is 70.0 Å². The van der Waals surface area contributed by atoms with E-state index >= 15 is 0 Å². The second-order valence-electron chi connectivity index (χ2n) is 4.91. The Morgan fingerprint density at radius 3 is 2.74 bits per heavy atom. The maximum Gasteiger partial charge on any atom is 0.250 e. The van der Waals surface area contributed by atoms with Gasteiger partial charge in [0, 0.05) is 11.3 Å². The number of aryl methyl sites for hydroxylation is 1. The van der Waals surface area contributed by atoms with E-state index in [9.17, 15) is 9.18 Å². The quantitative estimate of drug-likeness (QED) is 0.627. The van der Waals surface area contributed by atoms with Gasteiger partial charge in [0.25, 0.3) is 0 Å². The summed E-state index contributed by atoms with van der Waals surface area (Å²) < 4.78 is 13.5. The van der Waals surface area contributed by atoms with Crippen molar-refractivity contribution in [2.45, 2.75) is 12.7 Å². The Hall–Kier alpha value is -1.85. The fourth-order valence-corrected chi connectivity index (χ4v) is 2.77. The fraction of sp³-hybridized carbons (Fsp3) is 0.176. The Balaban J connectivity index is 1.77. The van der Waals surface area contributed by atoms with E-state index in [2.05, 4.69) is 10.5 Å². The first-order valence-electron chi connectivity index (χ1n) is 6.95. The number of carbonyl (C=O) groups excluding carboxylic acids is 1. The van der Waals surface area contributed by atoms with Crippen molar-refractivity contribution < 1.29 is 9.18 Å². The van der Waals surface area contributed by atoms with Crippen LogP contribution in [0.5, 0.6) is 0 Å². The van der Waals surface area contributed by atoms with Gasteiger partial charge >= 0.3 is 0 Å². The minimum absolute atomic E-state index is 0.154. The lowest BCUT2D eigenvalue weighted by atomic mass is 10.2. The second-order valence-corrected chi connectivity index (χ2v) is 6.30. The summed E-state index contributed by atoms with van der Waals surface area (Å²) in [4.78, 5) is 11.7. The van der Waals surface area contributed by atoms with Gasteiger partial charge in [-0.2, -0.15) is 5.10 Å². The highest BCUT2D eigenvalue weighted by Gasteiger charge is 2.04. The average molecular weight is 351 g/mol. The van der Waals surface area contributed by atoms with Gasteiger partial charge in [0.05, 0.1) is 17.0 Å². The molecule has 0 saturated carbocycles. The van der Waals surface area contributed by atoms with Crippen LogP contribution in [0, 0.1) is 12.7 Å². The number of carbonyl (C=O) groups is 1. The van der Waals surface area contributed by atoms with Crippen molar-refractivity contribution in [3.63, 3.8) is 0 Å². The highest BCUT2D eigenvalue weighted by Crippen LogP contribution is 2.16. The zero-order valence-corrected chi connectivity index (χ0v) is 14.1. The van der Waals surface area contributed by atoms with Gasteiger partial charge in [-0.15, -0.1) is 11.8 Å². The summed E-state index contributed by atoms with van der Waals surface area (Å²) in [5.74, 6) is 0.294. The van der Waals surface area contributed by atoms with E-state index in [-0.39, 0.29) is 22.2 Å². The summed E-state index contributed by atoms with van der Waals surface area (Å²) in [6.45, 7) is 2.03. The molecule has 2 aromatic rings. The third-order valence-electron chi connectivity index (χ3n) is 3.01. The van der Waals surface area contributed by atoms with Crippen LogP contribution in [0.15, 0.2) is 47.6 Å². The summed E-state index contributed by atoms with van der Waals surface area (Å²) in [5, 5.41) is 3.99. The van der Waals surface area contributed by atoms with E-state index < -0.39 is 5.82 Å². The molecule has 0 heterocycles. The van der Waals surface area contributed by atoms with Crippen molar-refractivity contribution >= 4 is 35.5 Å². The second kappa shape index (κ2) is 8.70. The molecule has 0 saturated heterocycles. The third kappa shape index (κ3) is 5.69. The molecule has 0 unspecified atom stereocenters. The van der Waals surface area contributed by atoms with Crippen LogP contribution >= 0.6 is 23.4 Å². The molecule has 0 aliphatic rings. The Labute approximate surface area is 143 Å². The monoisotopic (exact) mass is 350 g/mol. The van der Waals surface area contributed by atoms with E-state index in [1.807, 2.05) is 31.2 Å². The molecule has 1 N–H and O–H groups in total. The largest absolute Gasteiger partial charge is 0.272 e. The number of nitrogens with one attached hydrogen (secondary N) is 1. The molecule has 0 fully saturated rings. The summed E-state index contributed by atoms with van der Waals surface area (Å²) in [6.07, 6.45) is 1.21. The van der Waals surface area contributed by atoms with Gasteiger partial charge in [0.15, 0.2) is 0 Å². The summed E-state index contributed by atoms with van der Waals surface area (Å²) in [6, 6.07) is 12.5. The predicted molar refractivity (Wildman–Crippen MR) is 94.5 cm³/mol. The van der Waals surface area contributed by atoms with Gasteiger partial charge in [0.1, 0.15) is 5.82 Å². The highest BCUT2D eigenvalue weighted by atomic mass is 35.5. The average Bonchev–Trinajstić information content (AvgIpc) is 2.52. The van der Waals surface area contributed by atoms with E-state index in [0.29, 0.717) is 0 Å². The standard InChI is InChI=1S/C17H16ClFN2OS/c1-12-5-7-13(8-6-12)10-23-11-17(22)21-20-9-14-15(18)3-2-4-16(14)19/h2-9H,10-11H2,1H3,(H,21,22)/b20-9+. The van der Waals surface area contributed by atoms with E-state index in [4.69, 9.17) is 11.6 Å². The van der Waals surface area contributed by atoms with Crippen LogP contribution in [0.1, 0.15) is 16.7 Å². The number of benzene rings is 2. The van der Waals surface area contributed by atoms with Gasteiger partial charge in [-0.25, -0.2) is 9.82 Å². The molecule has 6 heteroatoms. The summed E-state index contributed by atoms with van der Waals surface area (Å²) in [7, 11) is 0. The minimum Gasteiger partial charge on any atom is -0.272 e. The molecule has 0 aromatic heterocycles. The van der Waals surface area contributed by atoms with Crippen LogP contribution in [-0.2, 0) is 10.5 Å². The molecule has 0 bridgehead atoms. The topological polar surface area (TPSA) is 41.5 Å². The molecular weight excluding hydrogens is 335 g/mol. The van der Waals surface area contributed by atoms with Crippen LogP contribution in [0.2, 0.25) is 5.02 Å². The van der Waals surface area contributed by atoms with Gasteiger partial charge in [-0.1, -0.05) is 47.5 Å². The zero-order chi connectivity index (χ0) is 16.7. The number of hydrogen-bond acceptors (Lipinski definition) is 3. The van der Waals surface area contributed by atoms with Crippen LogP contribution in [0.25, 0.3) is 0 Å². The van der Waals surface area contributed by atoms with Crippen LogP contribution in [0.4, 0.5) is 4.39 Å². The molecule has 0 aliphatic heterocycles. The van der Waals surface area contributed by atoms with E-state index in [1.165, 1.54) is 35.7 Å². The van der Waals surface area contributed by atoms with Gasteiger partial charge < -0.3 is 0 Å². The Morgan fingerprint density at radius 2 is 2.04 bits per heavy atom. The number of hydrogen-bond donors (Lipinski definition) is 1. The lowest BCUT2D eigenvalue weighted by Crippen LogP contribution is -2.19. The van der Waals surface area contributed by atoms with Gasteiger partial charge in [-0.05, 0) is 24.6 Å². The fourth-order valence-electron chi connectivity index (χ4n) is 1.78. The Kier molecular flexibility index (Phi) is 6.62. The maximum absolute atomic E-state index is 13.5. The van der Waals surface area contributed by atoms with E-state index in [1.54, 1.807) is 6.07 Å². The van der Waals surface area contributed by atoms with Crippen molar-refractivity contribution in [3.8, 4) is 0 Å². The molecule has 0 spiro atoms. The van der Waals surface area contributed by atoms with Gasteiger partial charge in [0.2, 0.25) is 5.91 Å². The predicted octanol–water partition coefficient (Wildman–Crippen LogP) is 4.17. The number of rotatable bonds is 6. The molecule has 0 aliphatic carbocycles. The normalized spacial score (nSPS) is 10.9. The summed E-state index contributed by atoms with van der Waals surface area (Å²) in [5.41, 5.74) is 4.89. The number of nitrogens with zero attached hydrogens (tertiary/aromatic N) is 1. The Morgan fingerprint density at radius 1 is 1.30 bits per heavy atom.